The number of nitrogens with one attached hydrogen (secondary N) is 1. The van der Waals surface area contributed by atoms with Crippen LogP contribution in [0.25, 0.3) is 0 Å². The Morgan fingerprint density at radius 3 is 2.94 bits per heavy atom. The van der Waals surface area contributed by atoms with Gasteiger partial charge in [0.1, 0.15) is 12.2 Å². The summed E-state index contributed by atoms with van der Waals surface area (Å²) in [6.45, 7) is 3.38. The quantitative estimate of drug-likeness (QED) is 0.840. The van der Waals surface area contributed by atoms with Crippen LogP contribution in [-0.4, -0.2) is 27.4 Å². The zero-order valence-corrected chi connectivity index (χ0v) is 10.3. The van der Waals surface area contributed by atoms with E-state index >= 15 is 0 Å². The topological polar surface area (TPSA) is 42.7 Å². The second-order valence-electron chi connectivity index (χ2n) is 4.93. The lowest BCUT2D eigenvalue weighted by Gasteiger charge is -2.29. The Kier molecular flexibility index (Phi) is 3.93. The summed E-state index contributed by atoms with van der Waals surface area (Å²) in [6.07, 6.45) is 8.23. The van der Waals surface area contributed by atoms with Crippen molar-refractivity contribution in [1.82, 2.24) is 20.1 Å². The molecule has 1 aliphatic carbocycles. The minimum absolute atomic E-state index is 0.710. The molecule has 2 atom stereocenters. The zero-order valence-electron chi connectivity index (χ0n) is 10.3. The van der Waals surface area contributed by atoms with E-state index in [-0.39, 0.29) is 0 Å². The van der Waals surface area contributed by atoms with Crippen molar-refractivity contribution in [3.8, 4) is 0 Å². The maximum absolute atomic E-state index is 4.09. The molecule has 0 aliphatic heterocycles. The number of hydrogen-bond acceptors (Lipinski definition) is 3. The molecule has 0 radical (unpaired) electrons. The first kappa shape index (κ1) is 11.6. The smallest absolute Gasteiger partial charge is 0.133 e. The molecule has 0 bridgehead atoms. The SMILES string of the molecule is CC1CCCCC1NCCc1nncn1C. The van der Waals surface area contributed by atoms with E-state index in [4.69, 9.17) is 0 Å². The summed E-state index contributed by atoms with van der Waals surface area (Å²) >= 11 is 0. The van der Waals surface area contributed by atoms with Gasteiger partial charge in [-0.3, -0.25) is 0 Å². The lowest BCUT2D eigenvalue weighted by molar-refractivity contribution is 0.281. The Morgan fingerprint density at radius 1 is 1.44 bits per heavy atom. The summed E-state index contributed by atoms with van der Waals surface area (Å²) < 4.78 is 1.99. The molecule has 1 heterocycles. The second-order valence-corrected chi connectivity index (χ2v) is 4.93. The third-order valence-electron chi connectivity index (χ3n) is 3.67. The van der Waals surface area contributed by atoms with Gasteiger partial charge in [0.05, 0.1) is 0 Å². The van der Waals surface area contributed by atoms with Gasteiger partial charge >= 0.3 is 0 Å². The van der Waals surface area contributed by atoms with E-state index in [0.717, 1.165) is 24.7 Å². The monoisotopic (exact) mass is 222 g/mol. The van der Waals surface area contributed by atoms with Gasteiger partial charge in [-0.15, -0.1) is 10.2 Å². The molecular formula is C12H22N4. The van der Waals surface area contributed by atoms with Crippen LogP contribution >= 0.6 is 0 Å². The van der Waals surface area contributed by atoms with E-state index < -0.39 is 0 Å². The Labute approximate surface area is 97.5 Å². The molecule has 4 nitrogen and oxygen atoms in total. The summed E-state index contributed by atoms with van der Waals surface area (Å²) in [7, 11) is 2.00. The summed E-state index contributed by atoms with van der Waals surface area (Å²) in [5, 5.41) is 11.6. The average Bonchev–Trinajstić information content (AvgIpc) is 2.67. The van der Waals surface area contributed by atoms with Crippen molar-refractivity contribution in [3.05, 3.63) is 12.2 Å². The van der Waals surface area contributed by atoms with Gasteiger partial charge in [0.25, 0.3) is 0 Å². The van der Waals surface area contributed by atoms with Gasteiger partial charge in [0.2, 0.25) is 0 Å². The lowest BCUT2D eigenvalue weighted by Crippen LogP contribution is -2.38. The minimum atomic E-state index is 0.710. The maximum Gasteiger partial charge on any atom is 0.133 e. The number of aryl methyl sites for hydroxylation is 1. The molecule has 1 N–H and O–H groups in total. The number of nitrogens with zero attached hydrogens (tertiary/aromatic N) is 3. The van der Waals surface area contributed by atoms with Crippen molar-refractivity contribution in [3.63, 3.8) is 0 Å². The van der Waals surface area contributed by atoms with Crippen molar-refractivity contribution in [2.45, 2.75) is 45.1 Å². The predicted octanol–water partition coefficient (Wildman–Crippen LogP) is 1.53. The van der Waals surface area contributed by atoms with Crippen molar-refractivity contribution in [2.75, 3.05) is 6.54 Å². The van der Waals surface area contributed by atoms with Crippen LogP contribution in [0, 0.1) is 5.92 Å². The first-order valence-electron chi connectivity index (χ1n) is 6.33. The molecule has 1 aliphatic rings. The third-order valence-corrected chi connectivity index (χ3v) is 3.67. The van der Waals surface area contributed by atoms with Crippen molar-refractivity contribution >= 4 is 0 Å². The molecule has 2 rings (SSSR count). The largest absolute Gasteiger partial charge is 0.321 e. The lowest BCUT2D eigenvalue weighted by atomic mass is 9.86. The van der Waals surface area contributed by atoms with Gasteiger partial charge in [-0.05, 0) is 18.8 Å². The van der Waals surface area contributed by atoms with E-state index in [9.17, 15) is 0 Å². The minimum Gasteiger partial charge on any atom is -0.321 e. The summed E-state index contributed by atoms with van der Waals surface area (Å²) in [6, 6.07) is 0.710. The average molecular weight is 222 g/mol. The first-order valence-corrected chi connectivity index (χ1v) is 6.33. The molecule has 1 saturated carbocycles. The van der Waals surface area contributed by atoms with Crippen molar-refractivity contribution in [1.29, 1.82) is 0 Å². The van der Waals surface area contributed by atoms with E-state index in [1.165, 1.54) is 25.7 Å². The van der Waals surface area contributed by atoms with Crippen LogP contribution in [0.15, 0.2) is 6.33 Å². The van der Waals surface area contributed by atoms with Crippen LogP contribution in [0.4, 0.5) is 0 Å². The van der Waals surface area contributed by atoms with E-state index in [0.29, 0.717) is 6.04 Å². The molecule has 1 fully saturated rings. The van der Waals surface area contributed by atoms with Crippen LogP contribution in [0.3, 0.4) is 0 Å². The van der Waals surface area contributed by atoms with E-state index in [1.807, 2.05) is 11.6 Å². The highest BCUT2D eigenvalue weighted by Crippen LogP contribution is 2.23. The predicted molar refractivity (Wildman–Crippen MR) is 64.1 cm³/mol. The Balaban J connectivity index is 1.73. The highest BCUT2D eigenvalue weighted by Gasteiger charge is 2.20. The normalized spacial score (nSPS) is 25.9. The fraction of sp³-hybridized carbons (Fsp3) is 0.833. The van der Waals surface area contributed by atoms with Gasteiger partial charge in [-0.2, -0.15) is 0 Å². The third kappa shape index (κ3) is 2.82. The van der Waals surface area contributed by atoms with Crippen LogP contribution < -0.4 is 5.32 Å². The van der Waals surface area contributed by atoms with Crippen LogP contribution in [0.2, 0.25) is 0 Å². The van der Waals surface area contributed by atoms with Crippen LogP contribution in [0.1, 0.15) is 38.4 Å². The molecular weight excluding hydrogens is 200 g/mol. The highest BCUT2D eigenvalue weighted by atomic mass is 15.2. The van der Waals surface area contributed by atoms with Crippen LogP contribution in [0.5, 0.6) is 0 Å². The zero-order chi connectivity index (χ0) is 11.4. The molecule has 16 heavy (non-hydrogen) atoms. The van der Waals surface area contributed by atoms with Gasteiger partial charge in [-0.25, -0.2) is 0 Å². The molecule has 0 saturated heterocycles. The molecule has 4 heteroatoms. The van der Waals surface area contributed by atoms with Gasteiger partial charge in [-0.1, -0.05) is 19.8 Å². The second kappa shape index (κ2) is 5.43. The summed E-state index contributed by atoms with van der Waals surface area (Å²) in [5.74, 6) is 1.89. The van der Waals surface area contributed by atoms with Crippen molar-refractivity contribution < 1.29 is 0 Å². The molecule has 2 unspecified atom stereocenters. The Morgan fingerprint density at radius 2 is 2.25 bits per heavy atom. The highest BCUT2D eigenvalue weighted by molar-refractivity contribution is 4.86. The first-order chi connectivity index (χ1) is 7.77. The summed E-state index contributed by atoms with van der Waals surface area (Å²) in [4.78, 5) is 0. The fourth-order valence-corrected chi connectivity index (χ4v) is 2.52. The van der Waals surface area contributed by atoms with Gasteiger partial charge in [0.15, 0.2) is 0 Å². The molecule has 1 aromatic rings. The van der Waals surface area contributed by atoms with E-state index in [2.05, 4.69) is 22.4 Å². The molecule has 90 valence electrons. The molecule has 0 amide bonds. The van der Waals surface area contributed by atoms with Crippen molar-refractivity contribution in [2.24, 2.45) is 13.0 Å². The molecule has 0 aromatic carbocycles. The van der Waals surface area contributed by atoms with Gasteiger partial charge < -0.3 is 9.88 Å². The van der Waals surface area contributed by atoms with E-state index in [1.54, 1.807) is 6.33 Å². The van der Waals surface area contributed by atoms with Crippen LogP contribution in [-0.2, 0) is 13.5 Å². The number of hydrogen-bond donors (Lipinski definition) is 1. The fourth-order valence-electron chi connectivity index (χ4n) is 2.52. The standard InChI is InChI=1S/C12H22N4/c1-10-5-3-4-6-11(10)13-8-7-12-15-14-9-16(12)2/h9-11,13H,3-8H2,1-2H3. The maximum atomic E-state index is 4.09. The Hall–Kier alpha value is -0.900. The Bertz CT molecular complexity index is 321. The summed E-state index contributed by atoms with van der Waals surface area (Å²) in [5.41, 5.74) is 0. The molecule has 0 spiro atoms. The number of aromatic nitrogens is 3. The molecule has 1 aromatic heterocycles. The van der Waals surface area contributed by atoms with Gasteiger partial charge in [0, 0.05) is 26.1 Å². The number of rotatable bonds is 4.